The first-order valence-electron chi connectivity index (χ1n) is 5.12. The monoisotopic (exact) mass is 194 g/mol. The standard InChI is InChI=1S/C12H15FO/c1-8-5-6-10(7-11(8)13)12(14)9-3-2-4-9/h5-7,9,12,14H,2-4H2,1H3. The van der Waals surface area contributed by atoms with Crippen LogP contribution >= 0.6 is 0 Å². The van der Waals surface area contributed by atoms with Crippen LogP contribution in [0.1, 0.15) is 36.5 Å². The quantitative estimate of drug-likeness (QED) is 0.767. The molecule has 1 saturated carbocycles. The second-order valence-electron chi connectivity index (χ2n) is 4.14. The van der Waals surface area contributed by atoms with Gasteiger partial charge in [0.25, 0.3) is 0 Å². The van der Waals surface area contributed by atoms with E-state index in [1.165, 1.54) is 12.5 Å². The highest BCUT2D eigenvalue weighted by molar-refractivity contribution is 5.25. The van der Waals surface area contributed by atoms with Gasteiger partial charge in [-0.25, -0.2) is 4.39 Å². The number of aliphatic hydroxyl groups is 1. The van der Waals surface area contributed by atoms with Crippen LogP contribution in [0.2, 0.25) is 0 Å². The predicted octanol–water partition coefficient (Wildman–Crippen LogP) is 2.97. The normalized spacial score (nSPS) is 19.1. The maximum absolute atomic E-state index is 13.2. The Balaban J connectivity index is 2.18. The summed E-state index contributed by atoms with van der Waals surface area (Å²) in [5.41, 5.74) is 1.35. The van der Waals surface area contributed by atoms with E-state index in [1.54, 1.807) is 13.0 Å². The Labute approximate surface area is 83.6 Å². The molecule has 1 aliphatic rings. The lowest BCUT2D eigenvalue weighted by molar-refractivity contribution is 0.0618. The second-order valence-corrected chi connectivity index (χ2v) is 4.14. The number of rotatable bonds is 2. The van der Waals surface area contributed by atoms with Crippen LogP contribution in [-0.2, 0) is 0 Å². The molecule has 1 unspecified atom stereocenters. The summed E-state index contributed by atoms with van der Waals surface area (Å²) in [6, 6.07) is 5.01. The van der Waals surface area contributed by atoms with E-state index in [1.807, 2.05) is 6.07 Å². The number of hydrogen-bond donors (Lipinski definition) is 1. The van der Waals surface area contributed by atoms with Crippen molar-refractivity contribution in [3.63, 3.8) is 0 Å². The molecule has 0 radical (unpaired) electrons. The van der Waals surface area contributed by atoms with Gasteiger partial charge in [-0.3, -0.25) is 0 Å². The number of halogens is 1. The molecule has 1 atom stereocenters. The lowest BCUT2D eigenvalue weighted by Gasteiger charge is -2.30. The van der Waals surface area contributed by atoms with Gasteiger partial charge in [-0.2, -0.15) is 0 Å². The number of benzene rings is 1. The molecule has 2 rings (SSSR count). The van der Waals surface area contributed by atoms with Crippen LogP contribution in [0.5, 0.6) is 0 Å². The summed E-state index contributed by atoms with van der Waals surface area (Å²) in [6.45, 7) is 1.73. The van der Waals surface area contributed by atoms with Crippen molar-refractivity contribution in [2.75, 3.05) is 0 Å². The molecule has 0 spiro atoms. The molecule has 0 heterocycles. The van der Waals surface area contributed by atoms with Gasteiger partial charge in [-0.05, 0) is 42.9 Å². The van der Waals surface area contributed by atoms with Gasteiger partial charge >= 0.3 is 0 Å². The summed E-state index contributed by atoms with van der Waals surface area (Å²) in [5, 5.41) is 9.89. The third-order valence-corrected chi connectivity index (χ3v) is 3.13. The zero-order valence-corrected chi connectivity index (χ0v) is 8.33. The summed E-state index contributed by atoms with van der Waals surface area (Å²) in [7, 11) is 0. The Hall–Kier alpha value is -0.890. The first-order valence-corrected chi connectivity index (χ1v) is 5.12. The minimum atomic E-state index is -0.473. The van der Waals surface area contributed by atoms with Crippen LogP contribution in [0.15, 0.2) is 18.2 Å². The average molecular weight is 194 g/mol. The lowest BCUT2D eigenvalue weighted by Crippen LogP contribution is -2.20. The van der Waals surface area contributed by atoms with Crippen LogP contribution in [0.25, 0.3) is 0 Å². The Bertz CT molecular complexity index is 331. The van der Waals surface area contributed by atoms with E-state index in [2.05, 4.69) is 0 Å². The van der Waals surface area contributed by atoms with Crippen molar-refractivity contribution < 1.29 is 9.50 Å². The summed E-state index contributed by atoms with van der Waals surface area (Å²) in [5.74, 6) is 0.123. The first kappa shape index (κ1) is 9.66. The second kappa shape index (κ2) is 3.70. The van der Waals surface area contributed by atoms with Crippen molar-refractivity contribution >= 4 is 0 Å². The molecule has 76 valence electrons. The summed E-state index contributed by atoms with van der Waals surface area (Å²) in [6.07, 6.45) is 2.85. The fraction of sp³-hybridized carbons (Fsp3) is 0.500. The van der Waals surface area contributed by atoms with Crippen molar-refractivity contribution in [2.24, 2.45) is 5.92 Å². The molecule has 0 amide bonds. The molecule has 1 N–H and O–H groups in total. The molecule has 1 aliphatic carbocycles. The van der Waals surface area contributed by atoms with E-state index >= 15 is 0 Å². The Morgan fingerprint density at radius 3 is 2.64 bits per heavy atom. The van der Waals surface area contributed by atoms with Crippen LogP contribution < -0.4 is 0 Å². The number of aliphatic hydroxyl groups excluding tert-OH is 1. The van der Waals surface area contributed by atoms with E-state index < -0.39 is 6.10 Å². The fourth-order valence-corrected chi connectivity index (χ4v) is 1.82. The lowest BCUT2D eigenvalue weighted by atomic mass is 9.79. The van der Waals surface area contributed by atoms with Gasteiger partial charge in [-0.15, -0.1) is 0 Å². The number of hydrogen-bond acceptors (Lipinski definition) is 1. The molecule has 2 heteroatoms. The average Bonchev–Trinajstić information content (AvgIpc) is 2.06. The summed E-state index contributed by atoms with van der Waals surface area (Å²) < 4.78 is 13.2. The largest absolute Gasteiger partial charge is 0.388 e. The summed E-state index contributed by atoms with van der Waals surface area (Å²) in [4.78, 5) is 0. The zero-order chi connectivity index (χ0) is 10.1. The molecule has 1 aromatic rings. The van der Waals surface area contributed by atoms with Gasteiger partial charge in [0.2, 0.25) is 0 Å². The molecule has 0 saturated heterocycles. The smallest absolute Gasteiger partial charge is 0.126 e. The van der Waals surface area contributed by atoms with Gasteiger partial charge in [0.15, 0.2) is 0 Å². The highest BCUT2D eigenvalue weighted by atomic mass is 19.1. The zero-order valence-electron chi connectivity index (χ0n) is 8.33. The van der Waals surface area contributed by atoms with Gasteiger partial charge < -0.3 is 5.11 Å². The third-order valence-electron chi connectivity index (χ3n) is 3.13. The molecule has 1 nitrogen and oxygen atoms in total. The van der Waals surface area contributed by atoms with Crippen molar-refractivity contribution in [2.45, 2.75) is 32.3 Å². The highest BCUT2D eigenvalue weighted by Gasteiger charge is 2.26. The van der Waals surface area contributed by atoms with E-state index in [0.29, 0.717) is 11.5 Å². The molecule has 14 heavy (non-hydrogen) atoms. The van der Waals surface area contributed by atoms with Gasteiger partial charge in [0, 0.05) is 0 Å². The molecular formula is C12H15FO. The van der Waals surface area contributed by atoms with Gasteiger partial charge in [0.1, 0.15) is 5.82 Å². The Morgan fingerprint density at radius 2 is 2.14 bits per heavy atom. The van der Waals surface area contributed by atoms with Crippen molar-refractivity contribution in [3.05, 3.63) is 35.1 Å². The molecule has 0 aliphatic heterocycles. The van der Waals surface area contributed by atoms with Crippen LogP contribution in [0.4, 0.5) is 4.39 Å². The van der Waals surface area contributed by atoms with Crippen LogP contribution in [-0.4, -0.2) is 5.11 Å². The minimum Gasteiger partial charge on any atom is -0.388 e. The first-order chi connectivity index (χ1) is 6.68. The molecule has 1 aromatic carbocycles. The van der Waals surface area contributed by atoms with Crippen LogP contribution in [0.3, 0.4) is 0 Å². The van der Waals surface area contributed by atoms with E-state index in [-0.39, 0.29) is 5.82 Å². The van der Waals surface area contributed by atoms with Crippen molar-refractivity contribution in [1.29, 1.82) is 0 Å². The van der Waals surface area contributed by atoms with E-state index in [4.69, 9.17) is 0 Å². The van der Waals surface area contributed by atoms with E-state index in [0.717, 1.165) is 18.4 Å². The fourth-order valence-electron chi connectivity index (χ4n) is 1.82. The molecule has 0 aromatic heterocycles. The maximum atomic E-state index is 13.2. The van der Waals surface area contributed by atoms with E-state index in [9.17, 15) is 9.50 Å². The topological polar surface area (TPSA) is 20.2 Å². The number of aryl methyl sites for hydroxylation is 1. The minimum absolute atomic E-state index is 0.221. The maximum Gasteiger partial charge on any atom is 0.126 e. The van der Waals surface area contributed by atoms with Crippen molar-refractivity contribution in [3.8, 4) is 0 Å². The van der Waals surface area contributed by atoms with Crippen molar-refractivity contribution in [1.82, 2.24) is 0 Å². The third kappa shape index (κ3) is 1.67. The van der Waals surface area contributed by atoms with Gasteiger partial charge in [0.05, 0.1) is 6.10 Å². The summed E-state index contributed by atoms with van der Waals surface area (Å²) >= 11 is 0. The molecular weight excluding hydrogens is 179 g/mol. The highest BCUT2D eigenvalue weighted by Crippen LogP contribution is 2.37. The Morgan fingerprint density at radius 1 is 1.43 bits per heavy atom. The van der Waals surface area contributed by atoms with Crippen LogP contribution in [0, 0.1) is 18.7 Å². The Kier molecular flexibility index (Phi) is 2.55. The SMILES string of the molecule is Cc1ccc(C(O)C2CCC2)cc1F. The molecule has 1 fully saturated rings. The van der Waals surface area contributed by atoms with Gasteiger partial charge in [-0.1, -0.05) is 18.6 Å². The molecule has 0 bridgehead atoms. The predicted molar refractivity (Wildman–Crippen MR) is 53.4 cm³/mol.